The molecular weight excluding hydrogens is 296 g/mol. The number of hydrogen-bond donors (Lipinski definition) is 0. The topological polar surface area (TPSA) is 26.3 Å². The molecule has 0 aromatic heterocycles. The molecule has 0 saturated heterocycles. The molecule has 0 spiro atoms. The number of rotatable bonds is 15. The van der Waals surface area contributed by atoms with E-state index in [0.29, 0.717) is 13.0 Å². The Kier molecular flexibility index (Phi) is 18.2. The van der Waals surface area contributed by atoms with Gasteiger partial charge in [-0.2, -0.15) is 0 Å². The predicted molar refractivity (Wildman–Crippen MR) is 105 cm³/mol. The van der Waals surface area contributed by atoms with Gasteiger partial charge in [0.25, 0.3) is 0 Å². The largest absolute Gasteiger partial charge is 0.466 e. The lowest BCUT2D eigenvalue weighted by Gasteiger charge is -1.98. The molecule has 0 aliphatic heterocycles. The van der Waals surface area contributed by atoms with Crippen LogP contribution in [0.25, 0.3) is 0 Å². The molecule has 0 radical (unpaired) electrons. The molecule has 0 aromatic rings. The Labute approximate surface area is 149 Å². The van der Waals surface area contributed by atoms with E-state index in [2.05, 4.69) is 55.5 Å². The molecule has 0 aromatic carbocycles. The van der Waals surface area contributed by atoms with Crippen LogP contribution < -0.4 is 0 Å². The van der Waals surface area contributed by atoms with Crippen LogP contribution in [0, 0.1) is 0 Å². The van der Waals surface area contributed by atoms with Gasteiger partial charge in [-0.25, -0.2) is 0 Å². The number of ether oxygens (including phenoxy) is 1. The highest BCUT2D eigenvalue weighted by Gasteiger charge is 1.98. The van der Waals surface area contributed by atoms with Gasteiger partial charge in [0, 0.05) is 6.42 Å². The fraction of sp³-hybridized carbons (Fsp3) is 0.591. The first-order chi connectivity index (χ1) is 11.8. The van der Waals surface area contributed by atoms with E-state index >= 15 is 0 Å². The maximum Gasteiger partial charge on any atom is 0.305 e. The van der Waals surface area contributed by atoms with Gasteiger partial charge in [0.2, 0.25) is 0 Å². The quantitative estimate of drug-likeness (QED) is 0.189. The average Bonchev–Trinajstić information content (AvgIpc) is 2.58. The minimum atomic E-state index is -0.0895. The first kappa shape index (κ1) is 22.4. The third kappa shape index (κ3) is 18.5. The molecule has 0 rings (SSSR count). The van der Waals surface area contributed by atoms with Crippen molar-refractivity contribution in [2.45, 2.75) is 78.1 Å². The molecule has 136 valence electrons. The van der Waals surface area contributed by atoms with Crippen molar-refractivity contribution in [2.75, 3.05) is 6.61 Å². The number of unbranched alkanes of at least 4 members (excludes halogenated alkanes) is 4. The van der Waals surface area contributed by atoms with Gasteiger partial charge in [-0.05, 0) is 51.9 Å². The number of carbonyl (C=O) groups excluding carboxylic acids is 1. The molecule has 0 aliphatic carbocycles. The van der Waals surface area contributed by atoms with E-state index in [1.54, 1.807) is 0 Å². The van der Waals surface area contributed by atoms with Crippen molar-refractivity contribution < 1.29 is 9.53 Å². The summed E-state index contributed by atoms with van der Waals surface area (Å²) in [6.07, 6.45) is 28.2. The zero-order valence-corrected chi connectivity index (χ0v) is 15.7. The second kappa shape index (κ2) is 19.5. The van der Waals surface area contributed by atoms with Crippen molar-refractivity contribution in [1.29, 1.82) is 0 Å². The Bertz CT molecular complexity index is 389. The number of esters is 1. The van der Waals surface area contributed by atoms with Crippen molar-refractivity contribution in [2.24, 2.45) is 0 Å². The summed E-state index contributed by atoms with van der Waals surface area (Å²) in [7, 11) is 0. The minimum absolute atomic E-state index is 0.0895. The lowest BCUT2D eigenvalue weighted by atomic mass is 10.2. The van der Waals surface area contributed by atoms with Gasteiger partial charge >= 0.3 is 5.97 Å². The lowest BCUT2D eigenvalue weighted by molar-refractivity contribution is -0.143. The van der Waals surface area contributed by atoms with E-state index in [-0.39, 0.29) is 5.97 Å². The second-order valence-corrected chi connectivity index (χ2v) is 5.79. The molecule has 0 atom stereocenters. The molecule has 0 saturated carbocycles. The third-order valence-electron chi connectivity index (χ3n) is 3.51. The molecule has 0 unspecified atom stereocenters. The summed E-state index contributed by atoms with van der Waals surface area (Å²) in [6.45, 7) is 4.55. The maximum absolute atomic E-state index is 11.1. The summed E-state index contributed by atoms with van der Waals surface area (Å²) in [5.41, 5.74) is 0. The molecule has 24 heavy (non-hydrogen) atoms. The van der Waals surface area contributed by atoms with E-state index in [9.17, 15) is 4.79 Å². The summed E-state index contributed by atoms with van der Waals surface area (Å²) >= 11 is 0. The zero-order valence-electron chi connectivity index (χ0n) is 15.7. The summed E-state index contributed by atoms with van der Waals surface area (Å²) in [5.74, 6) is -0.0895. The third-order valence-corrected chi connectivity index (χ3v) is 3.51. The minimum Gasteiger partial charge on any atom is -0.466 e. The van der Waals surface area contributed by atoms with E-state index < -0.39 is 0 Å². The van der Waals surface area contributed by atoms with Gasteiger partial charge in [-0.1, -0.05) is 68.4 Å². The Balaban J connectivity index is 3.43. The van der Waals surface area contributed by atoms with Crippen LogP contribution in [-0.2, 0) is 9.53 Å². The first-order valence-electron chi connectivity index (χ1n) is 9.56. The summed E-state index contributed by atoms with van der Waals surface area (Å²) in [5, 5.41) is 0. The van der Waals surface area contributed by atoms with Gasteiger partial charge in [-0.15, -0.1) is 0 Å². The fourth-order valence-electron chi connectivity index (χ4n) is 2.16. The molecule has 2 nitrogen and oxygen atoms in total. The highest BCUT2D eigenvalue weighted by Crippen LogP contribution is 2.02. The Hall–Kier alpha value is -1.57. The lowest BCUT2D eigenvalue weighted by Crippen LogP contribution is -2.02. The van der Waals surface area contributed by atoms with Crippen molar-refractivity contribution >= 4 is 5.97 Å². The Morgan fingerprint density at radius 2 is 1.21 bits per heavy atom. The fourth-order valence-corrected chi connectivity index (χ4v) is 2.16. The molecule has 0 N–H and O–H groups in total. The highest BCUT2D eigenvalue weighted by molar-refractivity contribution is 5.69. The molecule has 2 heteroatoms. The van der Waals surface area contributed by atoms with Gasteiger partial charge < -0.3 is 4.74 Å². The zero-order chi connectivity index (χ0) is 17.7. The van der Waals surface area contributed by atoms with Gasteiger partial charge in [-0.3, -0.25) is 4.79 Å². The van der Waals surface area contributed by atoms with Crippen LogP contribution in [0.2, 0.25) is 0 Å². The van der Waals surface area contributed by atoms with Crippen molar-refractivity contribution in [1.82, 2.24) is 0 Å². The Morgan fingerprint density at radius 3 is 1.71 bits per heavy atom. The summed E-state index contributed by atoms with van der Waals surface area (Å²) in [4.78, 5) is 11.1. The van der Waals surface area contributed by atoms with E-state index in [0.717, 1.165) is 32.1 Å². The van der Waals surface area contributed by atoms with E-state index in [4.69, 9.17) is 4.74 Å². The molecule has 0 amide bonds. The van der Waals surface area contributed by atoms with Crippen LogP contribution in [0.4, 0.5) is 0 Å². The van der Waals surface area contributed by atoms with Gasteiger partial charge in [0.05, 0.1) is 6.61 Å². The summed E-state index contributed by atoms with van der Waals surface area (Å²) < 4.78 is 4.89. The number of hydrogen-bond acceptors (Lipinski definition) is 2. The van der Waals surface area contributed by atoms with Crippen molar-refractivity contribution in [3.05, 3.63) is 48.6 Å². The second-order valence-electron chi connectivity index (χ2n) is 5.79. The first-order valence-corrected chi connectivity index (χ1v) is 9.56. The van der Waals surface area contributed by atoms with Gasteiger partial charge in [0.1, 0.15) is 0 Å². The van der Waals surface area contributed by atoms with Crippen LogP contribution >= 0.6 is 0 Å². The molecule has 0 bridgehead atoms. The van der Waals surface area contributed by atoms with Crippen LogP contribution in [0.1, 0.15) is 78.1 Å². The van der Waals surface area contributed by atoms with Crippen LogP contribution in [-0.4, -0.2) is 12.6 Å². The summed E-state index contributed by atoms with van der Waals surface area (Å²) in [6, 6.07) is 0. The van der Waals surface area contributed by atoms with Crippen LogP contribution in [0.3, 0.4) is 0 Å². The van der Waals surface area contributed by atoms with Gasteiger partial charge in [0.15, 0.2) is 0 Å². The van der Waals surface area contributed by atoms with E-state index in [1.807, 2.05) is 6.92 Å². The molecule has 0 fully saturated rings. The molecule has 0 aliphatic rings. The Morgan fingerprint density at radius 1 is 0.708 bits per heavy atom. The normalized spacial score (nSPS) is 12.2. The predicted octanol–water partition coefficient (Wildman–Crippen LogP) is 6.70. The SMILES string of the molecule is CCCCC/C=C\C/C=C/C/C=C\C/C=C\CCCC(=O)OCC. The van der Waals surface area contributed by atoms with Crippen LogP contribution in [0.15, 0.2) is 48.6 Å². The standard InChI is InChI=1S/C22H36O2/c1-3-5-6-7-8-9-10-11-12-13-14-15-16-17-18-19-20-21-22(23)24-4-2/h8-9,11-12,14-15,17-18H,3-7,10,13,16,19-21H2,1-2H3/b9-8-,12-11+,15-14-,18-17-. The number of carbonyl (C=O) groups is 1. The number of allylic oxidation sites excluding steroid dienone is 8. The van der Waals surface area contributed by atoms with Crippen molar-refractivity contribution in [3.8, 4) is 0 Å². The van der Waals surface area contributed by atoms with Crippen molar-refractivity contribution in [3.63, 3.8) is 0 Å². The average molecular weight is 333 g/mol. The molecular formula is C22H36O2. The maximum atomic E-state index is 11.1. The van der Waals surface area contributed by atoms with E-state index in [1.165, 1.54) is 25.7 Å². The smallest absolute Gasteiger partial charge is 0.305 e. The monoisotopic (exact) mass is 332 g/mol. The highest BCUT2D eigenvalue weighted by atomic mass is 16.5. The van der Waals surface area contributed by atoms with Crippen LogP contribution in [0.5, 0.6) is 0 Å². The molecule has 0 heterocycles.